The van der Waals surface area contributed by atoms with Crippen LogP contribution in [-0.4, -0.2) is 24.5 Å². The number of rotatable bonds is 9. The Kier molecular flexibility index (Phi) is 7.94. The van der Waals surface area contributed by atoms with Gasteiger partial charge in [-0.2, -0.15) is 0 Å². The molecule has 1 rings (SSSR count). The minimum absolute atomic E-state index is 0.0536. The van der Waals surface area contributed by atoms with Crippen LogP contribution in [0.5, 0.6) is 0 Å². The molecule has 1 atom stereocenters. The third-order valence-electron chi connectivity index (χ3n) is 3.19. The molecule has 1 aliphatic rings. The van der Waals surface area contributed by atoms with Crippen molar-refractivity contribution in [2.45, 2.75) is 64.3 Å². The van der Waals surface area contributed by atoms with Gasteiger partial charge in [-0.05, 0) is 32.1 Å². The summed E-state index contributed by atoms with van der Waals surface area (Å²) >= 11 is 0. The van der Waals surface area contributed by atoms with E-state index in [2.05, 4.69) is 24.4 Å². The van der Waals surface area contributed by atoms with Crippen molar-refractivity contribution in [1.82, 2.24) is 5.32 Å². The lowest BCUT2D eigenvalue weighted by Gasteiger charge is -2.09. The van der Waals surface area contributed by atoms with Gasteiger partial charge in [0.2, 0.25) is 5.91 Å². The molecule has 0 aromatic carbocycles. The van der Waals surface area contributed by atoms with Crippen LogP contribution in [0.2, 0.25) is 0 Å². The standard InChI is InChI=1S/C15H25NO3/c1-2-3-4-5-6-7-8-9-12-19-15(18)13-10-11-14(17)16-13/h3-4,13H,2,5-12H2,1H3,(H,16,17)/b4-3+/t13-/m0/s1. The lowest BCUT2D eigenvalue weighted by Crippen LogP contribution is -2.34. The first-order valence-corrected chi connectivity index (χ1v) is 7.35. The number of esters is 1. The normalized spacial score (nSPS) is 18.8. The van der Waals surface area contributed by atoms with Gasteiger partial charge in [0, 0.05) is 6.42 Å². The molecule has 0 spiro atoms. The first kappa shape index (κ1) is 15.7. The van der Waals surface area contributed by atoms with Crippen molar-refractivity contribution in [3.8, 4) is 0 Å². The minimum Gasteiger partial charge on any atom is -0.464 e. The van der Waals surface area contributed by atoms with Crippen LogP contribution in [0.25, 0.3) is 0 Å². The Morgan fingerprint density at radius 3 is 2.79 bits per heavy atom. The zero-order valence-electron chi connectivity index (χ0n) is 11.8. The Morgan fingerprint density at radius 1 is 1.32 bits per heavy atom. The number of nitrogens with one attached hydrogen (secondary N) is 1. The van der Waals surface area contributed by atoms with E-state index in [-0.39, 0.29) is 11.9 Å². The molecule has 1 aliphatic heterocycles. The molecule has 0 saturated carbocycles. The number of hydrogen-bond acceptors (Lipinski definition) is 3. The van der Waals surface area contributed by atoms with Crippen LogP contribution in [0.3, 0.4) is 0 Å². The summed E-state index contributed by atoms with van der Waals surface area (Å²) in [7, 11) is 0. The van der Waals surface area contributed by atoms with Crippen molar-refractivity contribution in [3.05, 3.63) is 12.2 Å². The molecule has 0 aromatic rings. The van der Waals surface area contributed by atoms with Gasteiger partial charge >= 0.3 is 5.97 Å². The van der Waals surface area contributed by atoms with Gasteiger partial charge in [-0.1, -0.05) is 31.9 Å². The van der Waals surface area contributed by atoms with Crippen molar-refractivity contribution in [1.29, 1.82) is 0 Å². The molecule has 0 unspecified atom stereocenters. The third kappa shape index (κ3) is 6.99. The highest BCUT2D eigenvalue weighted by molar-refractivity contribution is 5.87. The Hall–Kier alpha value is -1.32. The molecule has 1 fully saturated rings. The lowest BCUT2D eigenvalue weighted by molar-refractivity contribution is -0.146. The van der Waals surface area contributed by atoms with Crippen LogP contribution in [0.4, 0.5) is 0 Å². The summed E-state index contributed by atoms with van der Waals surface area (Å²) in [5, 5.41) is 2.61. The number of hydrogen-bond donors (Lipinski definition) is 1. The fraction of sp³-hybridized carbons (Fsp3) is 0.733. The first-order valence-electron chi connectivity index (χ1n) is 7.35. The van der Waals surface area contributed by atoms with Crippen LogP contribution >= 0.6 is 0 Å². The van der Waals surface area contributed by atoms with E-state index in [0.717, 1.165) is 25.7 Å². The molecule has 1 heterocycles. The predicted octanol–water partition coefficient (Wildman–Crippen LogP) is 2.72. The number of amides is 1. The van der Waals surface area contributed by atoms with Crippen LogP contribution < -0.4 is 5.32 Å². The molecular formula is C15H25NO3. The molecule has 4 heteroatoms. The summed E-state index contributed by atoms with van der Waals surface area (Å²) in [6, 6.07) is -0.410. The summed E-state index contributed by atoms with van der Waals surface area (Å²) in [5.74, 6) is -0.334. The molecular weight excluding hydrogens is 242 g/mol. The smallest absolute Gasteiger partial charge is 0.328 e. The summed E-state index contributed by atoms with van der Waals surface area (Å²) in [4.78, 5) is 22.5. The van der Waals surface area contributed by atoms with Crippen molar-refractivity contribution >= 4 is 11.9 Å². The second-order valence-electron chi connectivity index (χ2n) is 4.91. The molecule has 108 valence electrons. The van der Waals surface area contributed by atoms with Gasteiger partial charge in [-0.25, -0.2) is 4.79 Å². The Bertz CT molecular complexity index is 313. The van der Waals surface area contributed by atoms with Gasteiger partial charge in [0.1, 0.15) is 6.04 Å². The number of carbonyl (C=O) groups is 2. The summed E-state index contributed by atoms with van der Waals surface area (Å²) in [6.45, 7) is 2.60. The van der Waals surface area contributed by atoms with E-state index >= 15 is 0 Å². The van der Waals surface area contributed by atoms with Crippen LogP contribution in [0, 0.1) is 0 Å². The lowest BCUT2D eigenvalue weighted by atomic mass is 10.1. The molecule has 1 amide bonds. The average molecular weight is 267 g/mol. The molecule has 0 bridgehead atoms. The third-order valence-corrected chi connectivity index (χ3v) is 3.19. The zero-order valence-corrected chi connectivity index (χ0v) is 11.8. The monoisotopic (exact) mass is 267 g/mol. The van der Waals surface area contributed by atoms with Crippen LogP contribution in [0.1, 0.15) is 58.3 Å². The van der Waals surface area contributed by atoms with Crippen molar-refractivity contribution < 1.29 is 14.3 Å². The maximum Gasteiger partial charge on any atom is 0.328 e. The quantitative estimate of drug-likeness (QED) is 0.397. The molecule has 0 aromatic heterocycles. The number of unbranched alkanes of at least 4 members (excludes halogenated alkanes) is 4. The summed E-state index contributed by atoms with van der Waals surface area (Å²) in [5.41, 5.74) is 0. The summed E-state index contributed by atoms with van der Waals surface area (Å²) < 4.78 is 5.15. The van der Waals surface area contributed by atoms with Crippen LogP contribution in [-0.2, 0) is 14.3 Å². The highest BCUT2D eigenvalue weighted by atomic mass is 16.5. The van der Waals surface area contributed by atoms with Gasteiger partial charge < -0.3 is 10.1 Å². The van der Waals surface area contributed by atoms with Gasteiger partial charge in [-0.3, -0.25) is 4.79 Å². The number of carbonyl (C=O) groups excluding carboxylic acids is 2. The van der Waals surface area contributed by atoms with Crippen molar-refractivity contribution in [3.63, 3.8) is 0 Å². The van der Waals surface area contributed by atoms with E-state index in [0.29, 0.717) is 19.4 Å². The van der Waals surface area contributed by atoms with E-state index in [1.165, 1.54) is 12.8 Å². The average Bonchev–Trinajstić information content (AvgIpc) is 2.83. The fourth-order valence-corrected chi connectivity index (χ4v) is 2.07. The molecule has 0 radical (unpaired) electrons. The Balaban J connectivity index is 1.92. The summed E-state index contributed by atoms with van der Waals surface area (Å²) in [6.07, 6.45) is 12.0. The van der Waals surface area contributed by atoms with Gasteiger partial charge in [-0.15, -0.1) is 0 Å². The zero-order chi connectivity index (χ0) is 13.9. The SMILES string of the molecule is CC/C=C/CCCCCCOC(=O)[C@@H]1CCC(=O)N1. The second-order valence-corrected chi connectivity index (χ2v) is 4.91. The van der Waals surface area contributed by atoms with E-state index in [1.54, 1.807) is 0 Å². The fourth-order valence-electron chi connectivity index (χ4n) is 2.07. The number of allylic oxidation sites excluding steroid dienone is 2. The van der Waals surface area contributed by atoms with E-state index in [4.69, 9.17) is 4.74 Å². The molecule has 1 saturated heterocycles. The predicted molar refractivity (Wildman–Crippen MR) is 74.6 cm³/mol. The van der Waals surface area contributed by atoms with E-state index in [9.17, 15) is 9.59 Å². The highest BCUT2D eigenvalue weighted by Gasteiger charge is 2.28. The second kappa shape index (κ2) is 9.59. The van der Waals surface area contributed by atoms with Gasteiger partial charge in [0.15, 0.2) is 0 Å². The Morgan fingerprint density at radius 2 is 2.11 bits per heavy atom. The topological polar surface area (TPSA) is 55.4 Å². The first-order chi connectivity index (χ1) is 9.24. The molecule has 4 nitrogen and oxygen atoms in total. The maximum absolute atomic E-state index is 11.6. The molecule has 1 N–H and O–H groups in total. The Labute approximate surface area is 115 Å². The van der Waals surface area contributed by atoms with Crippen molar-refractivity contribution in [2.75, 3.05) is 6.61 Å². The van der Waals surface area contributed by atoms with Crippen molar-refractivity contribution in [2.24, 2.45) is 0 Å². The van der Waals surface area contributed by atoms with Gasteiger partial charge in [0.25, 0.3) is 0 Å². The highest BCUT2D eigenvalue weighted by Crippen LogP contribution is 2.09. The van der Waals surface area contributed by atoms with Crippen LogP contribution in [0.15, 0.2) is 12.2 Å². The molecule has 19 heavy (non-hydrogen) atoms. The molecule has 0 aliphatic carbocycles. The minimum atomic E-state index is -0.410. The van der Waals surface area contributed by atoms with E-state index in [1.807, 2.05) is 0 Å². The van der Waals surface area contributed by atoms with Gasteiger partial charge in [0.05, 0.1) is 6.61 Å². The van der Waals surface area contributed by atoms with E-state index < -0.39 is 6.04 Å². The number of ether oxygens (including phenoxy) is 1. The largest absolute Gasteiger partial charge is 0.464 e. The maximum atomic E-state index is 11.6.